The van der Waals surface area contributed by atoms with E-state index in [1.165, 1.54) is 30.2 Å². The minimum absolute atomic E-state index is 0.433. The summed E-state index contributed by atoms with van der Waals surface area (Å²) in [5.74, 6) is 0. The Labute approximate surface area is 115 Å². The number of nitrogens with one attached hydrogen (secondary N) is 1. The van der Waals surface area contributed by atoms with Gasteiger partial charge in [-0.15, -0.1) is 0 Å². The van der Waals surface area contributed by atoms with Gasteiger partial charge in [0.25, 0.3) is 0 Å². The molecule has 0 aliphatic heterocycles. The van der Waals surface area contributed by atoms with Gasteiger partial charge < -0.3 is 5.32 Å². The second kappa shape index (κ2) is 4.93. The average Bonchev–Trinajstić information content (AvgIpc) is 2.75. The van der Waals surface area contributed by atoms with E-state index >= 15 is 0 Å². The molecule has 1 aliphatic rings. The van der Waals surface area contributed by atoms with Crippen molar-refractivity contribution >= 4 is 10.9 Å². The van der Waals surface area contributed by atoms with Gasteiger partial charge in [-0.1, -0.05) is 38.5 Å². The molecule has 0 radical (unpaired) electrons. The highest BCUT2D eigenvalue weighted by Crippen LogP contribution is 2.37. The van der Waals surface area contributed by atoms with Crippen molar-refractivity contribution in [3.05, 3.63) is 42.1 Å². The summed E-state index contributed by atoms with van der Waals surface area (Å²) in [6.07, 6.45) is 5.90. The Hall–Kier alpha value is -1.41. The monoisotopic (exact) mass is 254 g/mol. The molecule has 3 rings (SSSR count). The Balaban J connectivity index is 1.79. The predicted molar refractivity (Wildman–Crippen MR) is 80.0 cm³/mol. The number of fused-ring (bicyclic) bond motifs is 1. The maximum absolute atomic E-state index is 4.42. The Morgan fingerprint density at radius 2 is 2.11 bits per heavy atom. The summed E-state index contributed by atoms with van der Waals surface area (Å²) >= 11 is 0. The van der Waals surface area contributed by atoms with Crippen LogP contribution in [0.1, 0.15) is 38.7 Å². The quantitative estimate of drug-likeness (QED) is 0.898. The van der Waals surface area contributed by atoms with Crippen LogP contribution < -0.4 is 5.32 Å². The molecule has 0 saturated heterocycles. The van der Waals surface area contributed by atoms with E-state index in [1.54, 1.807) is 0 Å². The minimum Gasteiger partial charge on any atom is -0.309 e. The second-order valence-corrected chi connectivity index (χ2v) is 6.30. The van der Waals surface area contributed by atoms with Gasteiger partial charge in [0, 0.05) is 24.2 Å². The van der Waals surface area contributed by atoms with E-state index in [1.807, 2.05) is 12.3 Å². The third kappa shape index (κ3) is 2.50. The first-order chi connectivity index (χ1) is 9.17. The third-order valence-electron chi connectivity index (χ3n) is 4.54. The normalized spacial score (nSPS) is 21.9. The second-order valence-electron chi connectivity index (χ2n) is 6.30. The topological polar surface area (TPSA) is 24.9 Å². The van der Waals surface area contributed by atoms with Crippen molar-refractivity contribution in [2.45, 2.75) is 45.7 Å². The molecule has 1 saturated carbocycles. The number of hydrogen-bond donors (Lipinski definition) is 1. The molecule has 0 amide bonds. The van der Waals surface area contributed by atoms with Crippen molar-refractivity contribution in [3.63, 3.8) is 0 Å². The van der Waals surface area contributed by atoms with Crippen LogP contribution in [-0.4, -0.2) is 11.0 Å². The molecule has 1 atom stereocenters. The molecule has 1 aliphatic carbocycles. The Morgan fingerprint density at radius 3 is 2.89 bits per heavy atom. The average molecular weight is 254 g/mol. The number of aromatic nitrogens is 1. The summed E-state index contributed by atoms with van der Waals surface area (Å²) in [6.45, 7) is 5.70. The van der Waals surface area contributed by atoms with Crippen molar-refractivity contribution < 1.29 is 0 Å². The zero-order valence-corrected chi connectivity index (χ0v) is 11.8. The molecule has 1 fully saturated rings. The summed E-state index contributed by atoms with van der Waals surface area (Å²) < 4.78 is 0. The fourth-order valence-corrected chi connectivity index (χ4v) is 3.25. The lowest BCUT2D eigenvalue weighted by Gasteiger charge is -2.28. The molecular weight excluding hydrogens is 232 g/mol. The van der Waals surface area contributed by atoms with Gasteiger partial charge in [0.05, 0.1) is 5.52 Å². The highest BCUT2D eigenvalue weighted by molar-refractivity contribution is 5.81. The van der Waals surface area contributed by atoms with Gasteiger partial charge in [-0.2, -0.15) is 0 Å². The van der Waals surface area contributed by atoms with E-state index in [9.17, 15) is 0 Å². The lowest BCUT2D eigenvalue weighted by atomic mass is 9.87. The molecular formula is C17H22N2. The van der Waals surface area contributed by atoms with Gasteiger partial charge in [-0.25, -0.2) is 0 Å². The van der Waals surface area contributed by atoms with E-state index in [2.05, 4.69) is 48.4 Å². The van der Waals surface area contributed by atoms with Crippen molar-refractivity contribution in [1.82, 2.24) is 10.3 Å². The van der Waals surface area contributed by atoms with Crippen molar-refractivity contribution in [3.8, 4) is 0 Å². The smallest absolute Gasteiger partial charge is 0.0705 e. The molecule has 0 bridgehead atoms. The van der Waals surface area contributed by atoms with Gasteiger partial charge in [-0.05, 0) is 36.0 Å². The molecule has 1 aromatic carbocycles. The molecule has 1 N–H and O–H groups in total. The van der Waals surface area contributed by atoms with Crippen LogP contribution in [0.5, 0.6) is 0 Å². The third-order valence-corrected chi connectivity index (χ3v) is 4.54. The predicted octanol–water partition coefficient (Wildman–Crippen LogP) is 3.90. The van der Waals surface area contributed by atoms with Crippen molar-refractivity contribution in [2.75, 3.05) is 0 Å². The SMILES string of the molecule is CC1(C)CCCC1NCc1ccnc2ccccc12. The summed E-state index contributed by atoms with van der Waals surface area (Å²) in [7, 11) is 0. The van der Waals surface area contributed by atoms with Crippen LogP contribution in [0.2, 0.25) is 0 Å². The molecule has 0 spiro atoms. The van der Waals surface area contributed by atoms with Crippen LogP contribution in [0.3, 0.4) is 0 Å². The van der Waals surface area contributed by atoms with Gasteiger partial charge in [0.2, 0.25) is 0 Å². The van der Waals surface area contributed by atoms with Gasteiger partial charge in [-0.3, -0.25) is 4.98 Å². The lowest BCUT2D eigenvalue weighted by molar-refractivity contribution is 0.283. The summed E-state index contributed by atoms with van der Waals surface area (Å²) in [5, 5.41) is 5.02. The van der Waals surface area contributed by atoms with E-state index < -0.39 is 0 Å². The highest BCUT2D eigenvalue weighted by Gasteiger charge is 2.33. The fourth-order valence-electron chi connectivity index (χ4n) is 3.25. The van der Waals surface area contributed by atoms with E-state index in [0.29, 0.717) is 11.5 Å². The van der Waals surface area contributed by atoms with E-state index in [4.69, 9.17) is 0 Å². The summed E-state index contributed by atoms with van der Waals surface area (Å²) in [6, 6.07) is 11.2. The molecule has 2 aromatic rings. The number of para-hydroxylation sites is 1. The summed E-state index contributed by atoms with van der Waals surface area (Å²) in [4.78, 5) is 4.42. The summed E-state index contributed by atoms with van der Waals surface area (Å²) in [5.41, 5.74) is 2.88. The first kappa shape index (κ1) is 12.6. The van der Waals surface area contributed by atoms with Crippen LogP contribution in [0.25, 0.3) is 10.9 Å². The number of pyridine rings is 1. The number of rotatable bonds is 3. The zero-order chi connectivity index (χ0) is 13.3. The van der Waals surface area contributed by atoms with Gasteiger partial charge in [0.1, 0.15) is 0 Å². The number of nitrogens with zero attached hydrogens (tertiary/aromatic N) is 1. The Bertz CT molecular complexity index is 569. The first-order valence-corrected chi connectivity index (χ1v) is 7.23. The number of hydrogen-bond acceptors (Lipinski definition) is 2. The largest absolute Gasteiger partial charge is 0.309 e. The van der Waals surface area contributed by atoms with Gasteiger partial charge >= 0.3 is 0 Å². The van der Waals surface area contributed by atoms with E-state index in [0.717, 1.165) is 12.1 Å². The molecule has 1 unspecified atom stereocenters. The molecule has 2 nitrogen and oxygen atoms in total. The Morgan fingerprint density at radius 1 is 1.26 bits per heavy atom. The van der Waals surface area contributed by atoms with Crippen LogP contribution in [0.4, 0.5) is 0 Å². The minimum atomic E-state index is 0.433. The molecule has 19 heavy (non-hydrogen) atoms. The molecule has 1 heterocycles. The zero-order valence-electron chi connectivity index (χ0n) is 11.8. The first-order valence-electron chi connectivity index (χ1n) is 7.23. The standard InChI is InChI=1S/C17H22N2/c1-17(2)10-5-8-16(17)19-12-13-9-11-18-15-7-4-3-6-14(13)15/h3-4,6-7,9,11,16,19H,5,8,10,12H2,1-2H3. The number of benzene rings is 1. The van der Waals surface area contributed by atoms with Crippen molar-refractivity contribution in [2.24, 2.45) is 5.41 Å². The molecule has 100 valence electrons. The molecule has 1 aromatic heterocycles. The van der Waals surface area contributed by atoms with Crippen LogP contribution in [0.15, 0.2) is 36.5 Å². The maximum atomic E-state index is 4.42. The van der Waals surface area contributed by atoms with Crippen molar-refractivity contribution in [1.29, 1.82) is 0 Å². The Kier molecular flexibility index (Phi) is 3.28. The fraction of sp³-hybridized carbons (Fsp3) is 0.471. The molecule has 2 heteroatoms. The van der Waals surface area contributed by atoms with Crippen LogP contribution in [-0.2, 0) is 6.54 Å². The lowest BCUT2D eigenvalue weighted by Crippen LogP contribution is -2.37. The van der Waals surface area contributed by atoms with Crippen LogP contribution in [0, 0.1) is 5.41 Å². The highest BCUT2D eigenvalue weighted by atomic mass is 14.9. The van der Waals surface area contributed by atoms with Gasteiger partial charge in [0.15, 0.2) is 0 Å². The maximum Gasteiger partial charge on any atom is 0.0705 e. The van der Waals surface area contributed by atoms with E-state index in [-0.39, 0.29) is 0 Å². The van der Waals surface area contributed by atoms with Crippen LogP contribution >= 0.6 is 0 Å².